The molecule has 1 unspecified atom stereocenters. The van der Waals surface area contributed by atoms with Crippen LogP contribution >= 0.6 is 0 Å². The minimum atomic E-state index is 0.261. The van der Waals surface area contributed by atoms with E-state index in [4.69, 9.17) is 10.3 Å². The zero-order valence-electron chi connectivity index (χ0n) is 8.71. The first-order valence-electron chi connectivity index (χ1n) is 5.83. The lowest BCUT2D eigenvalue weighted by Crippen LogP contribution is -2.11. The van der Waals surface area contributed by atoms with Gasteiger partial charge in [0.25, 0.3) is 0 Å². The molecule has 0 radical (unpaired) electrons. The Morgan fingerprint density at radius 3 is 2.57 bits per heavy atom. The fraction of sp³-hybridized carbons (Fsp3) is 0.833. The van der Waals surface area contributed by atoms with E-state index in [1.54, 1.807) is 0 Å². The van der Waals surface area contributed by atoms with Crippen molar-refractivity contribution in [1.82, 2.24) is 0 Å². The molecule has 2 aliphatic carbocycles. The fourth-order valence-corrected chi connectivity index (χ4v) is 2.53. The van der Waals surface area contributed by atoms with E-state index in [1.165, 1.54) is 37.8 Å². The van der Waals surface area contributed by atoms with Gasteiger partial charge in [0.15, 0.2) is 0 Å². The molecule has 0 heterocycles. The number of rotatable bonds is 1. The van der Waals surface area contributed by atoms with Gasteiger partial charge in [-0.05, 0) is 25.7 Å². The number of hydrogen-bond acceptors (Lipinski definition) is 2. The molecule has 14 heavy (non-hydrogen) atoms. The third-order valence-electron chi connectivity index (χ3n) is 3.39. The normalized spacial score (nSPS) is 31.9. The van der Waals surface area contributed by atoms with Gasteiger partial charge in [-0.2, -0.15) is 5.26 Å². The molecule has 2 aliphatic rings. The van der Waals surface area contributed by atoms with Crippen molar-refractivity contribution in [2.75, 3.05) is 0 Å². The zero-order chi connectivity index (χ0) is 9.80. The lowest BCUT2D eigenvalue weighted by atomic mass is 9.96. The van der Waals surface area contributed by atoms with E-state index in [-0.39, 0.29) is 5.92 Å². The molecule has 0 bridgehead atoms. The van der Waals surface area contributed by atoms with Crippen molar-refractivity contribution in [3.8, 4) is 6.07 Å². The maximum atomic E-state index is 8.78. The smallest absolute Gasteiger partial charge is 0.0659 e. The van der Waals surface area contributed by atoms with E-state index in [2.05, 4.69) is 6.07 Å². The SMILES string of the molecule is N#CC1CC/C(=N\C2CCCCC2)C1. The molecule has 0 N–H and O–H groups in total. The van der Waals surface area contributed by atoms with Gasteiger partial charge in [0.1, 0.15) is 0 Å². The third kappa shape index (κ3) is 2.35. The second-order valence-corrected chi connectivity index (χ2v) is 4.56. The molecule has 0 aromatic rings. The Balaban J connectivity index is 1.88. The molecule has 2 nitrogen and oxygen atoms in total. The van der Waals surface area contributed by atoms with Crippen molar-refractivity contribution < 1.29 is 0 Å². The summed E-state index contributed by atoms with van der Waals surface area (Å²) < 4.78 is 0. The van der Waals surface area contributed by atoms with Crippen LogP contribution in [0.15, 0.2) is 4.99 Å². The topological polar surface area (TPSA) is 36.1 Å². The molecule has 76 valence electrons. The molecule has 2 saturated carbocycles. The van der Waals surface area contributed by atoms with Crippen LogP contribution in [0.25, 0.3) is 0 Å². The van der Waals surface area contributed by atoms with Crippen LogP contribution in [-0.4, -0.2) is 11.8 Å². The maximum absolute atomic E-state index is 8.78. The Hall–Kier alpha value is -0.840. The van der Waals surface area contributed by atoms with Crippen molar-refractivity contribution >= 4 is 5.71 Å². The minimum Gasteiger partial charge on any atom is -0.291 e. The second kappa shape index (κ2) is 4.59. The Morgan fingerprint density at radius 2 is 1.93 bits per heavy atom. The standard InChI is InChI=1S/C12H18N2/c13-9-10-6-7-12(8-10)14-11-4-2-1-3-5-11/h10-11H,1-8H2/b14-12+. The Kier molecular flexibility index (Phi) is 3.18. The van der Waals surface area contributed by atoms with E-state index in [0.29, 0.717) is 6.04 Å². The van der Waals surface area contributed by atoms with E-state index < -0.39 is 0 Å². The predicted molar refractivity (Wildman–Crippen MR) is 57.3 cm³/mol. The lowest BCUT2D eigenvalue weighted by Gasteiger charge is -2.18. The molecule has 0 aromatic carbocycles. The molecule has 0 spiro atoms. The van der Waals surface area contributed by atoms with Crippen LogP contribution in [-0.2, 0) is 0 Å². The van der Waals surface area contributed by atoms with Gasteiger partial charge in [-0.1, -0.05) is 19.3 Å². The summed E-state index contributed by atoms with van der Waals surface area (Å²) in [4.78, 5) is 4.80. The van der Waals surface area contributed by atoms with Gasteiger partial charge >= 0.3 is 0 Å². The minimum absolute atomic E-state index is 0.261. The highest BCUT2D eigenvalue weighted by Gasteiger charge is 2.21. The van der Waals surface area contributed by atoms with Gasteiger partial charge < -0.3 is 0 Å². The summed E-state index contributed by atoms with van der Waals surface area (Å²) in [5, 5.41) is 8.78. The van der Waals surface area contributed by atoms with E-state index in [9.17, 15) is 0 Å². The molecule has 0 amide bonds. The number of nitrogens with zero attached hydrogens (tertiary/aromatic N) is 2. The molecule has 0 aromatic heterocycles. The monoisotopic (exact) mass is 190 g/mol. The Bertz CT molecular complexity index is 256. The average Bonchev–Trinajstić information content (AvgIpc) is 2.67. The molecular formula is C12H18N2. The highest BCUT2D eigenvalue weighted by molar-refractivity contribution is 5.87. The number of hydrogen-bond donors (Lipinski definition) is 0. The van der Waals surface area contributed by atoms with Crippen LogP contribution in [0.1, 0.15) is 51.4 Å². The largest absolute Gasteiger partial charge is 0.291 e. The van der Waals surface area contributed by atoms with Crippen molar-refractivity contribution in [1.29, 1.82) is 5.26 Å². The third-order valence-corrected chi connectivity index (χ3v) is 3.39. The Morgan fingerprint density at radius 1 is 1.14 bits per heavy atom. The second-order valence-electron chi connectivity index (χ2n) is 4.56. The van der Waals surface area contributed by atoms with Gasteiger partial charge in [-0.25, -0.2) is 0 Å². The van der Waals surface area contributed by atoms with Crippen LogP contribution in [0.2, 0.25) is 0 Å². The molecule has 0 saturated heterocycles. The van der Waals surface area contributed by atoms with Gasteiger partial charge in [-0.15, -0.1) is 0 Å². The summed E-state index contributed by atoms with van der Waals surface area (Å²) >= 11 is 0. The van der Waals surface area contributed by atoms with Crippen molar-refractivity contribution in [2.45, 2.75) is 57.4 Å². The first-order chi connectivity index (χ1) is 6.88. The van der Waals surface area contributed by atoms with Gasteiger partial charge in [0, 0.05) is 18.2 Å². The van der Waals surface area contributed by atoms with E-state index in [1.807, 2.05) is 0 Å². The summed E-state index contributed by atoms with van der Waals surface area (Å²) in [5.41, 5.74) is 1.32. The first-order valence-corrected chi connectivity index (χ1v) is 5.83. The average molecular weight is 190 g/mol. The summed E-state index contributed by atoms with van der Waals surface area (Å²) in [6, 6.07) is 2.94. The molecule has 2 heteroatoms. The van der Waals surface area contributed by atoms with Crippen LogP contribution in [0.4, 0.5) is 0 Å². The van der Waals surface area contributed by atoms with Gasteiger partial charge in [-0.3, -0.25) is 4.99 Å². The van der Waals surface area contributed by atoms with Crippen LogP contribution in [0, 0.1) is 17.2 Å². The van der Waals surface area contributed by atoms with E-state index >= 15 is 0 Å². The van der Waals surface area contributed by atoms with Crippen LogP contribution < -0.4 is 0 Å². The van der Waals surface area contributed by atoms with Gasteiger partial charge in [0.2, 0.25) is 0 Å². The fourth-order valence-electron chi connectivity index (χ4n) is 2.53. The number of aliphatic imine (C=N–C) groups is 1. The molecule has 0 aliphatic heterocycles. The number of nitriles is 1. The van der Waals surface area contributed by atoms with Crippen molar-refractivity contribution in [3.63, 3.8) is 0 Å². The molecule has 1 atom stereocenters. The summed E-state index contributed by atoms with van der Waals surface area (Å²) in [6.07, 6.45) is 9.72. The summed E-state index contributed by atoms with van der Waals surface area (Å²) in [5.74, 6) is 0.261. The molecular weight excluding hydrogens is 172 g/mol. The predicted octanol–water partition coefficient (Wildman–Crippen LogP) is 3.08. The van der Waals surface area contributed by atoms with Crippen molar-refractivity contribution in [2.24, 2.45) is 10.9 Å². The Labute approximate surface area is 86.0 Å². The van der Waals surface area contributed by atoms with Crippen LogP contribution in [0.3, 0.4) is 0 Å². The highest BCUT2D eigenvalue weighted by Crippen LogP contribution is 2.26. The molecule has 2 rings (SSSR count). The summed E-state index contributed by atoms with van der Waals surface area (Å²) in [6.45, 7) is 0. The maximum Gasteiger partial charge on any atom is 0.0659 e. The highest BCUT2D eigenvalue weighted by atomic mass is 14.8. The van der Waals surface area contributed by atoms with Crippen molar-refractivity contribution in [3.05, 3.63) is 0 Å². The first kappa shape index (κ1) is 9.71. The quantitative estimate of drug-likeness (QED) is 0.626. The summed E-state index contributed by atoms with van der Waals surface area (Å²) in [7, 11) is 0. The van der Waals surface area contributed by atoms with Crippen LogP contribution in [0.5, 0.6) is 0 Å². The van der Waals surface area contributed by atoms with E-state index in [0.717, 1.165) is 19.3 Å². The van der Waals surface area contributed by atoms with Gasteiger partial charge in [0.05, 0.1) is 12.0 Å². The zero-order valence-corrected chi connectivity index (χ0v) is 8.71. The lowest BCUT2D eigenvalue weighted by molar-refractivity contribution is 0.443. The molecule has 2 fully saturated rings.